The van der Waals surface area contributed by atoms with Crippen LogP contribution in [0.2, 0.25) is 0 Å². The van der Waals surface area contributed by atoms with E-state index in [4.69, 9.17) is 10.8 Å². The maximum absolute atomic E-state index is 12.9. The Morgan fingerprint density at radius 3 is 2.30 bits per heavy atom. The zero-order valence-corrected chi connectivity index (χ0v) is 18.1. The number of benzene rings is 1. The summed E-state index contributed by atoms with van der Waals surface area (Å²) in [4.78, 5) is 61.3. The van der Waals surface area contributed by atoms with Crippen molar-refractivity contribution in [2.24, 2.45) is 5.73 Å². The average molecular weight is 464 g/mol. The van der Waals surface area contributed by atoms with Crippen molar-refractivity contribution in [2.45, 2.75) is 56.8 Å². The van der Waals surface area contributed by atoms with Gasteiger partial charge < -0.3 is 36.6 Å². The summed E-state index contributed by atoms with van der Waals surface area (Å²) >= 11 is 0. The summed E-state index contributed by atoms with van der Waals surface area (Å²) in [5.74, 6) is -4.55. The van der Waals surface area contributed by atoms with Crippen molar-refractivity contribution < 1.29 is 39.3 Å². The molecule has 1 heterocycles. The first-order valence-electron chi connectivity index (χ1n) is 10.4. The minimum Gasteiger partial charge on any atom is -0.508 e. The number of phenolic OH excluding ortho intramolecular Hbond substituents is 1. The molecule has 2 rings (SSSR count). The average Bonchev–Trinajstić information content (AvgIpc) is 3.23. The van der Waals surface area contributed by atoms with Crippen LogP contribution in [0.4, 0.5) is 0 Å². The maximum atomic E-state index is 12.9. The van der Waals surface area contributed by atoms with E-state index in [0.29, 0.717) is 18.4 Å². The number of aromatic hydroxyl groups is 1. The van der Waals surface area contributed by atoms with E-state index in [1.807, 2.05) is 0 Å². The third-order valence-corrected chi connectivity index (χ3v) is 5.29. The first-order valence-corrected chi connectivity index (χ1v) is 10.4. The summed E-state index contributed by atoms with van der Waals surface area (Å²) in [5.41, 5.74) is 6.16. The molecule has 0 aliphatic carbocycles. The van der Waals surface area contributed by atoms with Crippen molar-refractivity contribution >= 4 is 29.7 Å². The van der Waals surface area contributed by atoms with Crippen molar-refractivity contribution in [2.75, 3.05) is 6.54 Å². The van der Waals surface area contributed by atoms with Crippen LogP contribution in [0.5, 0.6) is 5.75 Å². The number of amides is 3. The van der Waals surface area contributed by atoms with Crippen LogP contribution in [0.3, 0.4) is 0 Å². The fourth-order valence-corrected chi connectivity index (χ4v) is 3.55. The van der Waals surface area contributed by atoms with Gasteiger partial charge in [0.1, 0.15) is 23.9 Å². The van der Waals surface area contributed by atoms with E-state index in [1.54, 1.807) is 0 Å². The summed E-state index contributed by atoms with van der Waals surface area (Å²) in [6.45, 7) is 1.67. The molecule has 1 aliphatic rings. The molecule has 1 aliphatic heterocycles. The molecule has 3 amide bonds. The zero-order valence-electron chi connectivity index (χ0n) is 18.1. The minimum absolute atomic E-state index is 0.00471. The van der Waals surface area contributed by atoms with Gasteiger partial charge in [-0.2, -0.15) is 0 Å². The van der Waals surface area contributed by atoms with Crippen LogP contribution in [0.25, 0.3) is 0 Å². The Morgan fingerprint density at radius 2 is 1.73 bits per heavy atom. The van der Waals surface area contributed by atoms with Crippen LogP contribution < -0.4 is 16.4 Å². The summed E-state index contributed by atoms with van der Waals surface area (Å²) < 4.78 is 0. The molecule has 1 aromatic rings. The van der Waals surface area contributed by atoms with Gasteiger partial charge in [-0.05, 0) is 37.5 Å². The Morgan fingerprint density at radius 1 is 1.09 bits per heavy atom. The van der Waals surface area contributed by atoms with Crippen LogP contribution >= 0.6 is 0 Å². The first-order chi connectivity index (χ1) is 15.5. The Bertz CT molecular complexity index is 904. The standard InChI is InChI=1S/C21H28N4O8/c1-11(20(31)25-8-2-3-16(25)21(32)33)23-19(30)15(9-12-4-6-13(26)7-5-12)24-18(29)14(22)10-17(27)28/h4-7,11,14-16,26H,2-3,8-10,22H2,1H3,(H,23,30)(H,24,29)(H,27,28)(H,32,33). The number of hydrogen-bond acceptors (Lipinski definition) is 7. The van der Waals surface area contributed by atoms with Gasteiger partial charge in [0.2, 0.25) is 17.7 Å². The summed E-state index contributed by atoms with van der Waals surface area (Å²) in [6, 6.07) is 1.25. The predicted molar refractivity (Wildman–Crippen MR) is 114 cm³/mol. The molecule has 1 aromatic carbocycles. The fourth-order valence-electron chi connectivity index (χ4n) is 3.55. The molecule has 180 valence electrons. The summed E-state index contributed by atoms with van der Waals surface area (Å²) in [5, 5.41) is 32.5. The number of nitrogens with zero attached hydrogens (tertiary/aromatic N) is 1. The lowest BCUT2D eigenvalue weighted by atomic mass is 10.0. The van der Waals surface area contributed by atoms with Crippen molar-refractivity contribution in [1.82, 2.24) is 15.5 Å². The van der Waals surface area contributed by atoms with Crippen molar-refractivity contribution in [3.05, 3.63) is 29.8 Å². The van der Waals surface area contributed by atoms with E-state index in [1.165, 1.54) is 36.1 Å². The van der Waals surface area contributed by atoms with Gasteiger partial charge in [0.25, 0.3) is 0 Å². The summed E-state index contributed by atoms with van der Waals surface area (Å²) in [7, 11) is 0. The van der Waals surface area contributed by atoms with E-state index in [2.05, 4.69) is 10.6 Å². The largest absolute Gasteiger partial charge is 0.508 e. The molecule has 33 heavy (non-hydrogen) atoms. The number of rotatable bonds is 10. The Hall–Kier alpha value is -3.67. The highest BCUT2D eigenvalue weighted by molar-refractivity contribution is 5.94. The first kappa shape index (κ1) is 25.6. The lowest BCUT2D eigenvalue weighted by Gasteiger charge is -2.27. The van der Waals surface area contributed by atoms with Gasteiger partial charge >= 0.3 is 11.9 Å². The van der Waals surface area contributed by atoms with Gasteiger partial charge in [0.05, 0.1) is 12.5 Å². The monoisotopic (exact) mass is 464 g/mol. The van der Waals surface area contributed by atoms with Crippen LogP contribution in [-0.4, -0.2) is 80.6 Å². The van der Waals surface area contributed by atoms with Gasteiger partial charge in [0, 0.05) is 13.0 Å². The number of carboxylic acids is 2. The van der Waals surface area contributed by atoms with Gasteiger partial charge in [0.15, 0.2) is 0 Å². The second kappa shape index (κ2) is 11.3. The van der Waals surface area contributed by atoms with E-state index in [-0.39, 0.29) is 18.7 Å². The minimum atomic E-state index is -1.39. The molecule has 0 aromatic heterocycles. The number of hydrogen-bond donors (Lipinski definition) is 6. The van der Waals surface area contributed by atoms with Crippen LogP contribution in [0.1, 0.15) is 31.7 Å². The Balaban J connectivity index is 2.13. The highest BCUT2D eigenvalue weighted by atomic mass is 16.4. The molecule has 1 fully saturated rings. The van der Waals surface area contributed by atoms with Gasteiger partial charge in [-0.3, -0.25) is 19.2 Å². The number of nitrogens with two attached hydrogens (primary N) is 1. The zero-order chi connectivity index (χ0) is 24.7. The molecule has 0 saturated carbocycles. The van der Waals surface area contributed by atoms with Gasteiger partial charge in [-0.25, -0.2) is 4.79 Å². The van der Waals surface area contributed by atoms with E-state index < -0.39 is 60.2 Å². The molecular weight excluding hydrogens is 436 g/mol. The second-order valence-corrected chi connectivity index (χ2v) is 7.89. The number of aliphatic carboxylic acids is 2. The van der Waals surface area contributed by atoms with Crippen molar-refractivity contribution in [3.8, 4) is 5.75 Å². The molecule has 4 atom stereocenters. The van der Waals surface area contributed by atoms with Gasteiger partial charge in [-0.15, -0.1) is 0 Å². The summed E-state index contributed by atoms with van der Waals surface area (Å²) in [6.07, 6.45) is 0.187. The molecule has 0 radical (unpaired) electrons. The Labute approximate surface area is 189 Å². The highest BCUT2D eigenvalue weighted by Crippen LogP contribution is 2.18. The number of likely N-dealkylation sites (tertiary alicyclic amines) is 1. The molecular formula is C21H28N4O8. The molecule has 1 saturated heterocycles. The molecule has 4 unspecified atom stereocenters. The van der Waals surface area contributed by atoms with Crippen LogP contribution in [-0.2, 0) is 30.4 Å². The van der Waals surface area contributed by atoms with E-state index in [9.17, 15) is 34.2 Å². The van der Waals surface area contributed by atoms with Gasteiger partial charge in [-0.1, -0.05) is 12.1 Å². The lowest BCUT2D eigenvalue weighted by molar-refractivity contribution is -0.149. The molecule has 7 N–H and O–H groups in total. The topological polar surface area (TPSA) is 199 Å². The normalized spacial score (nSPS) is 18.1. The molecule has 12 nitrogen and oxygen atoms in total. The SMILES string of the molecule is CC(NC(=O)C(Cc1ccc(O)cc1)NC(=O)C(N)CC(=O)O)C(=O)N1CCCC1C(=O)O. The number of nitrogens with one attached hydrogen (secondary N) is 2. The smallest absolute Gasteiger partial charge is 0.326 e. The number of carbonyl (C=O) groups excluding carboxylic acids is 3. The third-order valence-electron chi connectivity index (χ3n) is 5.29. The maximum Gasteiger partial charge on any atom is 0.326 e. The molecule has 0 spiro atoms. The van der Waals surface area contributed by atoms with Crippen LogP contribution in [0, 0.1) is 0 Å². The molecule has 0 bridgehead atoms. The quantitative estimate of drug-likeness (QED) is 0.246. The highest BCUT2D eigenvalue weighted by Gasteiger charge is 2.37. The fraction of sp³-hybridized carbons (Fsp3) is 0.476. The van der Waals surface area contributed by atoms with E-state index >= 15 is 0 Å². The number of phenols is 1. The predicted octanol–water partition coefficient (Wildman–Crippen LogP) is -1.20. The van der Waals surface area contributed by atoms with Crippen molar-refractivity contribution in [1.29, 1.82) is 0 Å². The van der Waals surface area contributed by atoms with E-state index in [0.717, 1.165) is 0 Å². The van der Waals surface area contributed by atoms with Crippen LogP contribution in [0.15, 0.2) is 24.3 Å². The number of carbonyl (C=O) groups is 5. The van der Waals surface area contributed by atoms with Crippen molar-refractivity contribution in [3.63, 3.8) is 0 Å². The Kier molecular flexibility index (Phi) is 8.74. The second-order valence-electron chi connectivity index (χ2n) is 7.89. The lowest BCUT2D eigenvalue weighted by Crippen LogP contribution is -2.57. The molecule has 12 heteroatoms. The number of carboxylic acid groups (broad SMARTS) is 2. The third kappa shape index (κ3) is 7.17.